The van der Waals surface area contributed by atoms with Crippen molar-refractivity contribution in [3.8, 4) is 5.75 Å². The normalized spacial score (nSPS) is 18.0. The van der Waals surface area contributed by atoms with Gasteiger partial charge in [-0.3, -0.25) is 4.99 Å². The third kappa shape index (κ3) is 3.71. The van der Waals surface area contributed by atoms with Gasteiger partial charge in [-0.05, 0) is 24.1 Å². The van der Waals surface area contributed by atoms with Crippen LogP contribution in [-0.2, 0) is 6.42 Å². The summed E-state index contributed by atoms with van der Waals surface area (Å²) in [5, 5.41) is 0.697. The lowest BCUT2D eigenvalue weighted by Gasteiger charge is -2.18. The molecule has 1 aromatic carbocycles. The van der Waals surface area contributed by atoms with E-state index >= 15 is 0 Å². The Morgan fingerprint density at radius 1 is 1.47 bits per heavy atom. The number of rotatable bonds is 2. The highest BCUT2D eigenvalue weighted by molar-refractivity contribution is 6.30. The highest BCUT2D eigenvalue weighted by atomic mass is 35.5. The minimum absolute atomic E-state index is 0.614. The van der Waals surface area contributed by atoms with Crippen LogP contribution in [0.15, 0.2) is 47.6 Å². The number of allylic oxidation sites excluding steroid dienone is 1. The van der Waals surface area contributed by atoms with E-state index < -0.39 is 0 Å². The SMILES string of the molecule is C=C1CCOc2cc(Cl)ccc2CC1=N/C=C\CC. The number of halogens is 1. The summed E-state index contributed by atoms with van der Waals surface area (Å²) in [6, 6.07) is 5.74. The Morgan fingerprint density at radius 2 is 2.32 bits per heavy atom. The summed E-state index contributed by atoms with van der Waals surface area (Å²) in [7, 11) is 0. The molecule has 19 heavy (non-hydrogen) atoms. The molecule has 0 atom stereocenters. The van der Waals surface area contributed by atoms with Crippen molar-refractivity contribution in [2.45, 2.75) is 26.2 Å². The largest absolute Gasteiger partial charge is 0.493 e. The zero-order valence-electron chi connectivity index (χ0n) is 11.2. The van der Waals surface area contributed by atoms with Crippen molar-refractivity contribution in [1.29, 1.82) is 0 Å². The standard InChI is InChI=1S/C16H18ClNO/c1-3-4-8-18-15-10-13-5-6-14(17)11-16(13)19-9-7-12(15)2/h4-6,8,11H,2-3,7,9-10H2,1H3/b8-4-,18-15?. The van der Waals surface area contributed by atoms with Gasteiger partial charge in [0.05, 0.1) is 6.61 Å². The van der Waals surface area contributed by atoms with E-state index in [1.54, 1.807) is 0 Å². The lowest BCUT2D eigenvalue weighted by Crippen LogP contribution is -2.14. The zero-order valence-corrected chi connectivity index (χ0v) is 11.9. The van der Waals surface area contributed by atoms with Crippen LogP contribution < -0.4 is 4.74 Å². The van der Waals surface area contributed by atoms with Gasteiger partial charge >= 0.3 is 0 Å². The third-order valence-electron chi connectivity index (χ3n) is 3.03. The number of benzene rings is 1. The summed E-state index contributed by atoms with van der Waals surface area (Å²) in [4.78, 5) is 4.52. The minimum atomic E-state index is 0.614. The quantitative estimate of drug-likeness (QED) is 0.774. The summed E-state index contributed by atoms with van der Waals surface area (Å²) >= 11 is 6.00. The van der Waals surface area contributed by atoms with Crippen molar-refractivity contribution >= 4 is 17.3 Å². The van der Waals surface area contributed by atoms with Gasteiger partial charge in [0.2, 0.25) is 0 Å². The maximum atomic E-state index is 6.00. The van der Waals surface area contributed by atoms with Crippen LogP contribution in [0, 0.1) is 0 Å². The van der Waals surface area contributed by atoms with E-state index in [1.807, 2.05) is 30.5 Å². The van der Waals surface area contributed by atoms with E-state index in [9.17, 15) is 0 Å². The molecule has 0 unspecified atom stereocenters. The molecule has 1 heterocycles. The van der Waals surface area contributed by atoms with Crippen LogP contribution in [0.25, 0.3) is 0 Å². The average Bonchev–Trinajstić information content (AvgIpc) is 2.38. The molecule has 1 aliphatic rings. The Labute approximate surface area is 119 Å². The maximum Gasteiger partial charge on any atom is 0.124 e. The fraction of sp³-hybridized carbons (Fsp3) is 0.312. The van der Waals surface area contributed by atoms with Crippen LogP contribution in [0.4, 0.5) is 0 Å². The Morgan fingerprint density at radius 3 is 3.11 bits per heavy atom. The van der Waals surface area contributed by atoms with Crippen LogP contribution in [-0.4, -0.2) is 12.3 Å². The van der Waals surface area contributed by atoms with Crippen LogP contribution in [0.5, 0.6) is 5.75 Å². The fourth-order valence-corrected chi connectivity index (χ4v) is 2.09. The third-order valence-corrected chi connectivity index (χ3v) is 3.26. The number of fused-ring (bicyclic) bond motifs is 1. The minimum Gasteiger partial charge on any atom is -0.493 e. The first-order valence-corrected chi connectivity index (χ1v) is 6.89. The van der Waals surface area contributed by atoms with E-state index in [1.165, 1.54) is 0 Å². The highest BCUT2D eigenvalue weighted by Crippen LogP contribution is 2.27. The van der Waals surface area contributed by atoms with Gasteiger partial charge in [-0.2, -0.15) is 0 Å². The number of hydrogen-bond acceptors (Lipinski definition) is 2. The molecule has 0 amide bonds. The summed E-state index contributed by atoms with van der Waals surface area (Å²) in [6.07, 6.45) is 6.42. The topological polar surface area (TPSA) is 21.6 Å². The molecule has 3 heteroatoms. The first-order valence-electron chi connectivity index (χ1n) is 6.51. The van der Waals surface area contributed by atoms with Crippen LogP contribution >= 0.6 is 11.6 Å². The average molecular weight is 276 g/mol. The molecule has 0 aliphatic carbocycles. The van der Waals surface area contributed by atoms with Crippen LogP contribution in [0.1, 0.15) is 25.3 Å². The number of ether oxygens (including phenoxy) is 1. The predicted octanol–water partition coefficient (Wildman–Crippen LogP) is 4.59. The predicted molar refractivity (Wildman–Crippen MR) is 81.3 cm³/mol. The Hall–Kier alpha value is -1.54. The van der Waals surface area contributed by atoms with Gasteiger partial charge in [0.15, 0.2) is 0 Å². The second kappa shape index (κ2) is 6.58. The van der Waals surface area contributed by atoms with E-state index in [0.717, 1.165) is 41.9 Å². The molecular formula is C16H18ClNO. The van der Waals surface area contributed by atoms with Gasteiger partial charge in [-0.1, -0.05) is 37.2 Å². The second-order valence-corrected chi connectivity index (χ2v) is 4.94. The van der Waals surface area contributed by atoms with Gasteiger partial charge in [-0.15, -0.1) is 0 Å². The molecule has 0 saturated heterocycles. The first kappa shape index (κ1) is 13.9. The fourth-order valence-electron chi connectivity index (χ4n) is 1.93. The molecule has 0 saturated carbocycles. The molecule has 0 bridgehead atoms. The zero-order chi connectivity index (χ0) is 13.7. The van der Waals surface area contributed by atoms with Crippen LogP contribution in [0.2, 0.25) is 5.02 Å². The van der Waals surface area contributed by atoms with Crippen molar-refractivity contribution in [3.05, 3.63) is 53.2 Å². The number of aliphatic imine (C=N–C) groups is 1. The number of hydrogen-bond donors (Lipinski definition) is 0. The molecule has 0 N–H and O–H groups in total. The van der Waals surface area contributed by atoms with Crippen molar-refractivity contribution in [3.63, 3.8) is 0 Å². The van der Waals surface area contributed by atoms with E-state index in [2.05, 4.69) is 18.5 Å². The Balaban J connectivity index is 2.31. The van der Waals surface area contributed by atoms with Crippen molar-refractivity contribution in [1.82, 2.24) is 0 Å². The van der Waals surface area contributed by atoms with Gasteiger partial charge in [0.1, 0.15) is 5.75 Å². The van der Waals surface area contributed by atoms with Crippen molar-refractivity contribution in [2.75, 3.05) is 6.61 Å². The van der Waals surface area contributed by atoms with Crippen molar-refractivity contribution in [2.24, 2.45) is 4.99 Å². The lowest BCUT2D eigenvalue weighted by molar-refractivity contribution is 0.319. The number of nitrogens with zero attached hydrogens (tertiary/aromatic N) is 1. The van der Waals surface area contributed by atoms with Crippen molar-refractivity contribution < 1.29 is 4.74 Å². The molecule has 0 spiro atoms. The molecule has 2 rings (SSSR count). The lowest BCUT2D eigenvalue weighted by atomic mass is 9.99. The first-order chi connectivity index (χ1) is 9.20. The molecule has 0 fully saturated rings. The summed E-state index contributed by atoms with van der Waals surface area (Å²) < 4.78 is 5.74. The van der Waals surface area contributed by atoms with E-state index in [-0.39, 0.29) is 0 Å². The molecule has 0 aromatic heterocycles. The molecular weight excluding hydrogens is 258 g/mol. The van der Waals surface area contributed by atoms with Gasteiger partial charge in [-0.25, -0.2) is 0 Å². The van der Waals surface area contributed by atoms with Gasteiger partial charge in [0.25, 0.3) is 0 Å². The Kier molecular flexibility index (Phi) is 4.80. The molecule has 1 aromatic rings. The second-order valence-electron chi connectivity index (χ2n) is 4.50. The van der Waals surface area contributed by atoms with E-state index in [0.29, 0.717) is 11.6 Å². The van der Waals surface area contributed by atoms with E-state index in [4.69, 9.17) is 16.3 Å². The van der Waals surface area contributed by atoms with Crippen LogP contribution in [0.3, 0.4) is 0 Å². The Bertz CT molecular complexity index is 532. The summed E-state index contributed by atoms with van der Waals surface area (Å²) in [6.45, 7) is 6.80. The highest BCUT2D eigenvalue weighted by Gasteiger charge is 2.14. The summed E-state index contributed by atoms with van der Waals surface area (Å²) in [5.74, 6) is 0.854. The molecule has 100 valence electrons. The smallest absolute Gasteiger partial charge is 0.124 e. The molecule has 2 nitrogen and oxygen atoms in total. The molecule has 1 aliphatic heterocycles. The monoisotopic (exact) mass is 275 g/mol. The maximum absolute atomic E-state index is 6.00. The molecule has 0 radical (unpaired) electrons. The van der Waals surface area contributed by atoms with Gasteiger partial charge in [0, 0.05) is 35.3 Å². The van der Waals surface area contributed by atoms with Gasteiger partial charge < -0.3 is 4.74 Å². The summed E-state index contributed by atoms with van der Waals surface area (Å²) in [5.41, 5.74) is 3.17.